The summed E-state index contributed by atoms with van der Waals surface area (Å²) in [6, 6.07) is 4.96. The summed E-state index contributed by atoms with van der Waals surface area (Å²) in [7, 11) is 0. The van der Waals surface area contributed by atoms with Gasteiger partial charge in [-0.15, -0.1) is 12.4 Å². The molecule has 3 N–H and O–H groups in total. The molecule has 1 aliphatic rings. The van der Waals surface area contributed by atoms with E-state index in [2.05, 4.69) is 14.9 Å². The molecule has 0 amide bonds. The molecule has 0 radical (unpaired) electrons. The second kappa shape index (κ2) is 6.28. The minimum Gasteiger partial charge on any atom is -0.338 e. The van der Waals surface area contributed by atoms with E-state index in [4.69, 9.17) is 5.73 Å². The van der Waals surface area contributed by atoms with E-state index in [0.29, 0.717) is 18.1 Å². The third-order valence-electron chi connectivity index (χ3n) is 3.84. The van der Waals surface area contributed by atoms with Crippen molar-refractivity contribution < 1.29 is 4.92 Å². The zero-order valence-electron chi connectivity index (χ0n) is 11.5. The number of nitro benzene ring substituents is 1. The standard InChI is InChI=1S/C13H17N5O2.ClH/c14-8-10-3-1-2-6-17(10)13-15-11-5-4-9(18(19)20)7-12(11)16-13;/h4-5,7,10H,1-3,6,8,14H2,(H,15,16);1H. The van der Waals surface area contributed by atoms with Crippen molar-refractivity contribution in [1.82, 2.24) is 9.97 Å². The third kappa shape index (κ3) is 2.93. The molecule has 1 unspecified atom stereocenters. The lowest BCUT2D eigenvalue weighted by Gasteiger charge is -2.34. The van der Waals surface area contributed by atoms with Gasteiger partial charge >= 0.3 is 0 Å². The Bertz CT molecular complexity index is 645. The largest absolute Gasteiger partial charge is 0.338 e. The zero-order valence-corrected chi connectivity index (χ0v) is 12.3. The fourth-order valence-electron chi connectivity index (χ4n) is 2.76. The predicted molar refractivity (Wildman–Crippen MR) is 84.0 cm³/mol. The van der Waals surface area contributed by atoms with Crippen LogP contribution < -0.4 is 10.6 Å². The van der Waals surface area contributed by atoms with Crippen molar-refractivity contribution in [3.05, 3.63) is 28.3 Å². The molecule has 2 aromatic rings. The number of hydrogen-bond donors (Lipinski definition) is 2. The monoisotopic (exact) mass is 311 g/mol. The van der Waals surface area contributed by atoms with Crippen LogP contribution in [0.25, 0.3) is 11.0 Å². The summed E-state index contributed by atoms with van der Waals surface area (Å²) in [4.78, 5) is 20.3. The van der Waals surface area contributed by atoms with E-state index in [1.54, 1.807) is 6.07 Å². The molecule has 7 nitrogen and oxygen atoms in total. The normalized spacial score (nSPS) is 18.5. The van der Waals surface area contributed by atoms with E-state index in [9.17, 15) is 10.1 Å². The topological polar surface area (TPSA) is 101 Å². The number of rotatable bonds is 3. The van der Waals surface area contributed by atoms with Crippen molar-refractivity contribution in [2.45, 2.75) is 25.3 Å². The molecular formula is C13H18ClN5O2. The quantitative estimate of drug-likeness (QED) is 0.668. The van der Waals surface area contributed by atoms with Gasteiger partial charge in [-0.3, -0.25) is 10.1 Å². The average molecular weight is 312 g/mol. The lowest BCUT2D eigenvalue weighted by molar-refractivity contribution is -0.384. The van der Waals surface area contributed by atoms with Gasteiger partial charge in [-0.2, -0.15) is 0 Å². The SMILES string of the molecule is Cl.NCC1CCCCN1c1nc2ccc([N+](=O)[O-])cc2[nH]1. The Balaban J connectivity index is 0.00000161. The number of fused-ring (bicyclic) bond motifs is 1. The first kappa shape index (κ1) is 15.5. The molecule has 8 heteroatoms. The average Bonchev–Trinajstić information content (AvgIpc) is 2.89. The number of nitrogens with two attached hydrogens (primary N) is 1. The number of piperidine rings is 1. The molecule has 0 spiro atoms. The van der Waals surface area contributed by atoms with Crippen molar-refractivity contribution in [3.63, 3.8) is 0 Å². The first-order valence-electron chi connectivity index (χ1n) is 6.80. The smallest absolute Gasteiger partial charge is 0.271 e. The lowest BCUT2D eigenvalue weighted by atomic mass is 10.0. The number of hydrogen-bond acceptors (Lipinski definition) is 5. The highest BCUT2D eigenvalue weighted by Crippen LogP contribution is 2.26. The predicted octanol–water partition coefficient (Wildman–Crippen LogP) is 2.21. The van der Waals surface area contributed by atoms with Crippen molar-refractivity contribution in [2.24, 2.45) is 5.73 Å². The molecule has 1 aromatic heterocycles. The van der Waals surface area contributed by atoms with E-state index in [1.165, 1.54) is 18.6 Å². The van der Waals surface area contributed by atoms with Crippen molar-refractivity contribution in [3.8, 4) is 0 Å². The Hall–Kier alpha value is -1.86. The Morgan fingerprint density at radius 3 is 3.00 bits per heavy atom. The van der Waals surface area contributed by atoms with Crippen LogP contribution in [0.2, 0.25) is 0 Å². The molecule has 0 aliphatic carbocycles. The van der Waals surface area contributed by atoms with Crippen LogP contribution in [-0.2, 0) is 0 Å². The maximum Gasteiger partial charge on any atom is 0.271 e. The molecule has 3 rings (SSSR count). The number of benzene rings is 1. The Morgan fingerprint density at radius 2 is 2.29 bits per heavy atom. The van der Waals surface area contributed by atoms with Crippen molar-refractivity contribution >= 4 is 35.1 Å². The summed E-state index contributed by atoms with van der Waals surface area (Å²) in [5.74, 6) is 0.760. The van der Waals surface area contributed by atoms with Gasteiger partial charge in [0.05, 0.1) is 16.0 Å². The molecule has 114 valence electrons. The van der Waals surface area contributed by atoms with E-state index >= 15 is 0 Å². The van der Waals surface area contributed by atoms with Gasteiger partial charge in [0.2, 0.25) is 5.95 Å². The summed E-state index contributed by atoms with van der Waals surface area (Å²) in [6.07, 6.45) is 3.37. The van der Waals surface area contributed by atoms with Crippen LogP contribution in [0.1, 0.15) is 19.3 Å². The number of halogens is 1. The Morgan fingerprint density at radius 1 is 1.48 bits per heavy atom. The molecule has 0 bridgehead atoms. The molecule has 2 heterocycles. The number of nitrogens with one attached hydrogen (secondary N) is 1. The van der Waals surface area contributed by atoms with Gasteiger partial charge in [0.25, 0.3) is 5.69 Å². The van der Waals surface area contributed by atoms with E-state index < -0.39 is 4.92 Å². The van der Waals surface area contributed by atoms with Crippen LogP contribution in [-0.4, -0.2) is 34.0 Å². The Kier molecular flexibility index (Phi) is 4.64. The highest BCUT2D eigenvalue weighted by Gasteiger charge is 2.24. The maximum absolute atomic E-state index is 10.8. The highest BCUT2D eigenvalue weighted by molar-refractivity contribution is 5.85. The van der Waals surface area contributed by atoms with Crippen molar-refractivity contribution in [2.75, 3.05) is 18.0 Å². The van der Waals surface area contributed by atoms with Gasteiger partial charge in [0.1, 0.15) is 0 Å². The van der Waals surface area contributed by atoms with Crippen LogP contribution in [0.3, 0.4) is 0 Å². The van der Waals surface area contributed by atoms with Gasteiger partial charge in [-0.25, -0.2) is 4.98 Å². The zero-order chi connectivity index (χ0) is 14.1. The number of aromatic amines is 1. The highest BCUT2D eigenvalue weighted by atomic mass is 35.5. The van der Waals surface area contributed by atoms with Gasteiger partial charge < -0.3 is 15.6 Å². The molecule has 1 aromatic carbocycles. The Labute approximate surface area is 128 Å². The molecular weight excluding hydrogens is 294 g/mol. The number of H-pyrrole nitrogens is 1. The van der Waals surface area contributed by atoms with Crippen LogP contribution in [0.5, 0.6) is 0 Å². The molecule has 1 atom stereocenters. The van der Waals surface area contributed by atoms with Crippen LogP contribution in [0.4, 0.5) is 11.6 Å². The van der Waals surface area contributed by atoms with Crippen molar-refractivity contribution in [1.29, 1.82) is 0 Å². The van der Waals surface area contributed by atoms with Crippen LogP contribution >= 0.6 is 12.4 Å². The number of nitro groups is 1. The molecule has 0 saturated carbocycles. The van der Waals surface area contributed by atoms with Crippen LogP contribution in [0.15, 0.2) is 18.2 Å². The first-order valence-corrected chi connectivity index (χ1v) is 6.80. The number of aromatic nitrogens is 2. The molecule has 1 aliphatic heterocycles. The van der Waals surface area contributed by atoms with E-state index in [1.807, 2.05) is 0 Å². The second-order valence-electron chi connectivity index (χ2n) is 5.10. The van der Waals surface area contributed by atoms with Gasteiger partial charge in [0.15, 0.2) is 0 Å². The molecule has 1 fully saturated rings. The number of nitrogens with zero attached hydrogens (tertiary/aromatic N) is 3. The summed E-state index contributed by atoms with van der Waals surface area (Å²) in [5.41, 5.74) is 7.32. The molecule has 1 saturated heterocycles. The lowest BCUT2D eigenvalue weighted by Crippen LogP contribution is -2.44. The van der Waals surface area contributed by atoms with Gasteiger partial charge in [0, 0.05) is 31.3 Å². The van der Waals surface area contributed by atoms with E-state index in [-0.39, 0.29) is 18.1 Å². The summed E-state index contributed by atoms with van der Waals surface area (Å²) in [5, 5.41) is 10.8. The number of non-ortho nitro benzene ring substituents is 1. The van der Waals surface area contributed by atoms with E-state index in [0.717, 1.165) is 30.9 Å². The fraction of sp³-hybridized carbons (Fsp3) is 0.462. The minimum absolute atomic E-state index is 0. The summed E-state index contributed by atoms with van der Waals surface area (Å²) in [6.45, 7) is 1.51. The maximum atomic E-state index is 10.8. The number of anilines is 1. The third-order valence-corrected chi connectivity index (χ3v) is 3.84. The fourth-order valence-corrected chi connectivity index (χ4v) is 2.76. The van der Waals surface area contributed by atoms with Gasteiger partial charge in [-0.05, 0) is 25.3 Å². The summed E-state index contributed by atoms with van der Waals surface area (Å²) < 4.78 is 0. The first-order chi connectivity index (χ1) is 9.69. The summed E-state index contributed by atoms with van der Waals surface area (Å²) >= 11 is 0. The molecule has 21 heavy (non-hydrogen) atoms. The number of imidazole rings is 1. The van der Waals surface area contributed by atoms with Gasteiger partial charge in [-0.1, -0.05) is 0 Å². The minimum atomic E-state index is -0.399. The van der Waals surface area contributed by atoms with Crippen LogP contribution in [0, 0.1) is 10.1 Å². The second-order valence-corrected chi connectivity index (χ2v) is 5.10.